The van der Waals surface area contributed by atoms with E-state index in [0.717, 1.165) is 44.7 Å². The molecule has 2 aromatic carbocycles. The van der Waals surface area contributed by atoms with E-state index in [1.165, 1.54) is 6.07 Å². The number of rotatable bonds is 8. The molecule has 0 spiro atoms. The summed E-state index contributed by atoms with van der Waals surface area (Å²) in [6.07, 6.45) is 2.43. The maximum Gasteiger partial charge on any atom is 0.163 e. The second kappa shape index (κ2) is 11.5. The van der Waals surface area contributed by atoms with Gasteiger partial charge in [0.2, 0.25) is 0 Å². The molecule has 32 heavy (non-hydrogen) atoms. The van der Waals surface area contributed by atoms with Crippen LogP contribution in [0.15, 0.2) is 36.5 Å². The Kier molecular flexibility index (Phi) is 8.69. The van der Waals surface area contributed by atoms with Crippen molar-refractivity contribution in [2.75, 3.05) is 51.9 Å². The minimum Gasteiger partial charge on any atom is -0.493 e. The summed E-state index contributed by atoms with van der Waals surface area (Å²) < 4.78 is 31.1. The lowest BCUT2D eigenvalue weighted by Gasteiger charge is -2.26. The number of benzene rings is 2. The Morgan fingerprint density at radius 3 is 2.72 bits per heavy atom. The Balaban J connectivity index is 0.00000289. The second-order valence-corrected chi connectivity index (χ2v) is 7.62. The van der Waals surface area contributed by atoms with Crippen LogP contribution in [0.25, 0.3) is 10.9 Å². The summed E-state index contributed by atoms with van der Waals surface area (Å²) in [5.41, 5.74) is 1.51. The van der Waals surface area contributed by atoms with E-state index in [1.54, 1.807) is 31.5 Å². The fraction of sp³-hybridized carbons (Fsp3) is 0.364. The van der Waals surface area contributed by atoms with Crippen LogP contribution >= 0.6 is 24.0 Å². The highest BCUT2D eigenvalue weighted by Crippen LogP contribution is 2.35. The van der Waals surface area contributed by atoms with Gasteiger partial charge in [-0.3, -0.25) is 4.90 Å². The number of hydrogen-bond donors (Lipinski definition) is 1. The van der Waals surface area contributed by atoms with Gasteiger partial charge in [0.15, 0.2) is 11.5 Å². The number of morpholine rings is 1. The number of methoxy groups -OCH3 is 1. The van der Waals surface area contributed by atoms with E-state index >= 15 is 0 Å². The normalized spacial score (nSPS) is 14.1. The zero-order valence-electron chi connectivity index (χ0n) is 17.6. The maximum atomic E-state index is 14.2. The van der Waals surface area contributed by atoms with Crippen LogP contribution in [0.3, 0.4) is 0 Å². The lowest BCUT2D eigenvalue weighted by atomic mass is 10.1. The summed E-state index contributed by atoms with van der Waals surface area (Å²) in [6, 6.07) is 8.06. The number of nitrogens with one attached hydrogen (secondary N) is 1. The van der Waals surface area contributed by atoms with E-state index in [2.05, 4.69) is 20.4 Å². The number of halogens is 3. The zero-order valence-corrected chi connectivity index (χ0v) is 19.2. The number of aromatic nitrogens is 2. The van der Waals surface area contributed by atoms with Gasteiger partial charge in [-0.1, -0.05) is 11.6 Å². The highest BCUT2D eigenvalue weighted by Gasteiger charge is 2.14. The van der Waals surface area contributed by atoms with Crippen molar-refractivity contribution in [3.8, 4) is 11.5 Å². The molecule has 3 aromatic rings. The van der Waals surface area contributed by atoms with Gasteiger partial charge in [-0.05, 0) is 30.7 Å². The molecule has 2 heterocycles. The lowest BCUT2D eigenvalue weighted by Crippen LogP contribution is -2.37. The maximum absolute atomic E-state index is 14.2. The van der Waals surface area contributed by atoms with Crippen LogP contribution in [0.2, 0.25) is 5.02 Å². The third-order valence-corrected chi connectivity index (χ3v) is 5.34. The highest BCUT2D eigenvalue weighted by molar-refractivity contribution is 6.30. The van der Waals surface area contributed by atoms with E-state index in [9.17, 15) is 4.39 Å². The van der Waals surface area contributed by atoms with E-state index in [4.69, 9.17) is 25.8 Å². The molecule has 0 unspecified atom stereocenters. The minimum atomic E-state index is -0.454. The Morgan fingerprint density at radius 2 is 1.97 bits per heavy atom. The molecule has 4 rings (SSSR count). The molecule has 1 fully saturated rings. The quantitative estimate of drug-likeness (QED) is 0.466. The number of anilines is 2. The topological polar surface area (TPSA) is 68.7 Å². The van der Waals surface area contributed by atoms with Crippen LogP contribution < -0.4 is 14.8 Å². The second-order valence-electron chi connectivity index (χ2n) is 7.18. The van der Waals surface area contributed by atoms with Crippen molar-refractivity contribution in [3.05, 3.63) is 47.4 Å². The van der Waals surface area contributed by atoms with Crippen molar-refractivity contribution in [1.82, 2.24) is 15.1 Å². The minimum absolute atomic E-state index is 0. The van der Waals surface area contributed by atoms with Crippen molar-refractivity contribution in [2.24, 2.45) is 0 Å². The van der Waals surface area contributed by atoms with Crippen LogP contribution in [-0.4, -0.2) is 61.7 Å². The summed E-state index contributed by atoms with van der Waals surface area (Å²) in [5, 5.41) is 12.4. The SMILES string of the molecule is COc1cc2c(Nc3ccc(Cl)cc3F)cnnc2cc1OCCCN1CCOCC1.Cl. The zero-order chi connectivity index (χ0) is 21.6. The van der Waals surface area contributed by atoms with Crippen molar-refractivity contribution in [2.45, 2.75) is 6.42 Å². The fourth-order valence-corrected chi connectivity index (χ4v) is 3.63. The van der Waals surface area contributed by atoms with Crippen LogP contribution in [0.5, 0.6) is 11.5 Å². The summed E-state index contributed by atoms with van der Waals surface area (Å²) >= 11 is 5.84. The molecule has 1 N–H and O–H groups in total. The van der Waals surface area contributed by atoms with Gasteiger partial charge < -0.3 is 19.5 Å². The van der Waals surface area contributed by atoms with Gasteiger partial charge in [0.1, 0.15) is 5.82 Å². The molecule has 1 aromatic heterocycles. The van der Waals surface area contributed by atoms with Crippen molar-refractivity contribution >= 4 is 46.3 Å². The molecule has 7 nitrogen and oxygen atoms in total. The molecule has 172 valence electrons. The fourth-order valence-electron chi connectivity index (χ4n) is 3.47. The van der Waals surface area contributed by atoms with Crippen LogP contribution in [-0.2, 0) is 4.74 Å². The number of fused-ring (bicyclic) bond motifs is 1. The average Bonchev–Trinajstić information content (AvgIpc) is 2.79. The number of hydrogen-bond acceptors (Lipinski definition) is 7. The highest BCUT2D eigenvalue weighted by atomic mass is 35.5. The summed E-state index contributed by atoms with van der Waals surface area (Å²) in [7, 11) is 1.59. The summed E-state index contributed by atoms with van der Waals surface area (Å²) in [5.74, 6) is 0.720. The monoisotopic (exact) mass is 482 g/mol. The predicted octanol–water partition coefficient (Wildman–Crippen LogP) is 4.70. The van der Waals surface area contributed by atoms with Crippen LogP contribution in [0.1, 0.15) is 6.42 Å². The first-order valence-electron chi connectivity index (χ1n) is 10.1. The molecule has 1 aliphatic rings. The lowest BCUT2D eigenvalue weighted by molar-refractivity contribution is 0.0357. The largest absolute Gasteiger partial charge is 0.493 e. The first kappa shape index (κ1) is 24.3. The Labute approximate surface area is 197 Å². The van der Waals surface area contributed by atoms with Gasteiger partial charge in [0.05, 0.1) is 50.0 Å². The summed E-state index contributed by atoms with van der Waals surface area (Å²) in [6.45, 7) is 5.00. The van der Waals surface area contributed by atoms with E-state index in [0.29, 0.717) is 40.0 Å². The van der Waals surface area contributed by atoms with Crippen LogP contribution in [0.4, 0.5) is 15.8 Å². The Bertz CT molecular complexity index is 1050. The molecule has 0 atom stereocenters. The average molecular weight is 483 g/mol. The van der Waals surface area contributed by atoms with E-state index in [-0.39, 0.29) is 12.4 Å². The molecular weight excluding hydrogens is 458 g/mol. The van der Waals surface area contributed by atoms with Crippen molar-refractivity contribution in [1.29, 1.82) is 0 Å². The van der Waals surface area contributed by atoms with Crippen molar-refractivity contribution in [3.63, 3.8) is 0 Å². The molecule has 0 bridgehead atoms. The van der Waals surface area contributed by atoms with E-state index < -0.39 is 5.82 Å². The molecule has 0 saturated carbocycles. The van der Waals surface area contributed by atoms with Crippen molar-refractivity contribution < 1.29 is 18.6 Å². The first-order valence-corrected chi connectivity index (χ1v) is 10.5. The molecule has 1 aliphatic heterocycles. The molecule has 1 saturated heterocycles. The molecule has 10 heteroatoms. The van der Waals surface area contributed by atoms with Crippen LogP contribution in [0, 0.1) is 5.82 Å². The Hall–Kier alpha value is -2.39. The van der Waals surface area contributed by atoms with E-state index in [1.807, 2.05) is 6.07 Å². The molecule has 0 aliphatic carbocycles. The van der Waals surface area contributed by atoms with Gasteiger partial charge in [0, 0.05) is 36.1 Å². The molecule has 0 radical (unpaired) electrons. The number of ether oxygens (including phenoxy) is 3. The van der Waals surface area contributed by atoms with Gasteiger partial charge in [-0.25, -0.2) is 4.39 Å². The third kappa shape index (κ3) is 5.89. The third-order valence-electron chi connectivity index (χ3n) is 5.10. The van der Waals surface area contributed by atoms with Gasteiger partial charge >= 0.3 is 0 Å². The first-order chi connectivity index (χ1) is 15.1. The molecular formula is C22H25Cl2FN4O3. The standard InChI is InChI=1S/C22H24ClFN4O3.ClH/c1-29-21-12-16-19(13-22(21)31-8-2-5-28-6-9-30-10-7-28)27-25-14-20(16)26-18-4-3-15(23)11-17(18)24;/h3-4,11-14H,2,5-10H2,1H3,(H,26,27);1H. The smallest absolute Gasteiger partial charge is 0.163 e. The Morgan fingerprint density at radius 1 is 1.16 bits per heavy atom. The van der Waals surface area contributed by atoms with Gasteiger partial charge in [0.25, 0.3) is 0 Å². The van der Waals surface area contributed by atoms with Gasteiger partial charge in [-0.2, -0.15) is 10.2 Å². The number of nitrogens with zero attached hydrogens (tertiary/aromatic N) is 3. The predicted molar refractivity (Wildman–Crippen MR) is 125 cm³/mol. The molecule has 0 amide bonds. The van der Waals surface area contributed by atoms with Gasteiger partial charge in [-0.15, -0.1) is 12.4 Å². The summed E-state index contributed by atoms with van der Waals surface area (Å²) in [4.78, 5) is 2.36.